The first kappa shape index (κ1) is 19.8. The van der Waals surface area contributed by atoms with Crippen molar-refractivity contribution in [1.29, 1.82) is 0 Å². The lowest BCUT2D eigenvalue weighted by Gasteiger charge is -2.09. The van der Waals surface area contributed by atoms with E-state index in [9.17, 15) is 9.59 Å². The monoisotopic (exact) mass is 378 g/mol. The molecule has 140 valence electrons. The Morgan fingerprint density at radius 2 is 1.96 bits per heavy atom. The van der Waals surface area contributed by atoms with Gasteiger partial charge in [0.15, 0.2) is 12.3 Å². The Morgan fingerprint density at radius 3 is 2.58 bits per heavy atom. The molecule has 1 heterocycles. The molecule has 0 saturated carbocycles. The lowest BCUT2D eigenvalue weighted by molar-refractivity contribution is -0.118. The Kier molecular flexibility index (Phi) is 7.03. The Hall–Kier alpha value is -2.54. The van der Waals surface area contributed by atoms with Crippen molar-refractivity contribution in [2.24, 2.45) is 5.92 Å². The first-order valence-electron chi connectivity index (χ1n) is 8.43. The normalized spacial score (nSPS) is 10.7. The molecule has 0 bridgehead atoms. The van der Waals surface area contributed by atoms with E-state index < -0.39 is 0 Å². The number of ether oxygens (including phenoxy) is 1. The van der Waals surface area contributed by atoms with Gasteiger partial charge in [-0.25, -0.2) is 0 Å². The molecule has 0 saturated heterocycles. The minimum absolute atomic E-state index is 0.187. The van der Waals surface area contributed by atoms with Crippen molar-refractivity contribution < 1.29 is 14.3 Å². The number of nitrogens with zero attached hydrogens (tertiary/aromatic N) is 2. The van der Waals surface area contributed by atoms with E-state index in [1.807, 2.05) is 20.8 Å². The van der Waals surface area contributed by atoms with E-state index in [1.54, 1.807) is 35.1 Å². The van der Waals surface area contributed by atoms with Gasteiger partial charge in [0.2, 0.25) is 0 Å². The van der Waals surface area contributed by atoms with Crippen LogP contribution in [-0.4, -0.2) is 34.7 Å². The fourth-order valence-corrected chi connectivity index (χ4v) is 2.22. The summed E-state index contributed by atoms with van der Waals surface area (Å²) in [5.74, 6) is 0.148. The highest BCUT2D eigenvalue weighted by atomic mass is 35.5. The third kappa shape index (κ3) is 5.77. The van der Waals surface area contributed by atoms with Crippen LogP contribution in [-0.2, 0) is 11.3 Å². The summed E-state index contributed by atoms with van der Waals surface area (Å²) >= 11 is 5.81. The molecule has 1 aromatic carbocycles. The molecule has 0 fully saturated rings. The number of benzene rings is 1. The van der Waals surface area contributed by atoms with Crippen molar-refractivity contribution in [3.05, 3.63) is 41.2 Å². The van der Waals surface area contributed by atoms with Crippen LogP contribution in [0.15, 0.2) is 30.5 Å². The van der Waals surface area contributed by atoms with Crippen molar-refractivity contribution in [2.45, 2.75) is 27.3 Å². The lowest BCUT2D eigenvalue weighted by atomic mass is 10.2. The third-order valence-electron chi connectivity index (χ3n) is 3.43. The first-order chi connectivity index (χ1) is 12.4. The summed E-state index contributed by atoms with van der Waals surface area (Å²) in [5.41, 5.74) is 0.546. The lowest BCUT2D eigenvalue weighted by Crippen LogP contribution is -2.29. The molecule has 2 aromatic rings. The summed E-state index contributed by atoms with van der Waals surface area (Å²) < 4.78 is 7.01. The van der Waals surface area contributed by atoms with E-state index >= 15 is 0 Å². The van der Waals surface area contributed by atoms with Crippen molar-refractivity contribution in [1.82, 2.24) is 15.1 Å². The van der Waals surface area contributed by atoms with E-state index in [2.05, 4.69) is 15.7 Å². The summed E-state index contributed by atoms with van der Waals surface area (Å²) in [7, 11) is 0. The summed E-state index contributed by atoms with van der Waals surface area (Å²) in [6, 6.07) is 6.71. The number of aryl methyl sites for hydroxylation is 1. The van der Waals surface area contributed by atoms with Crippen molar-refractivity contribution in [2.75, 3.05) is 18.5 Å². The van der Waals surface area contributed by atoms with Crippen LogP contribution in [0.25, 0.3) is 0 Å². The third-order valence-corrected chi connectivity index (χ3v) is 3.68. The Balaban J connectivity index is 2.00. The van der Waals surface area contributed by atoms with Gasteiger partial charge in [-0.2, -0.15) is 5.10 Å². The highest BCUT2D eigenvalue weighted by Gasteiger charge is 2.18. The van der Waals surface area contributed by atoms with Crippen LogP contribution in [0.3, 0.4) is 0 Å². The van der Waals surface area contributed by atoms with Gasteiger partial charge in [0.25, 0.3) is 11.8 Å². The summed E-state index contributed by atoms with van der Waals surface area (Å²) in [6.07, 6.45) is 1.63. The molecule has 0 radical (unpaired) electrons. The second kappa shape index (κ2) is 9.24. The molecular weight excluding hydrogens is 356 g/mol. The number of hydrogen-bond acceptors (Lipinski definition) is 4. The van der Waals surface area contributed by atoms with Gasteiger partial charge in [-0.1, -0.05) is 25.4 Å². The highest BCUT2D eigenvalue weighted by molar-refractivity contribution is 6.30. The van der Waals surface area contributed by atoms with Gasteiger partial charge in [-0.3, -0.25) is 14.3 Å². The molecule has 0 spiro atoms. The fraction of sp³-hybridized carbons (Fsp3) is 0.389. The minimum atomic E-state index is -0.381. The number of amides is 2. The van der Waals surface area contributed by atoms with Crippen molar-refractivity contribution >= 4 is 29.1 Å². The fourth-order valence-electron chi connectivity index (χ4n) is 2.09. The van der Waals surface area contributed by atoms with E-state index in [0.29, 0.717) is 35.5 Å². The summed E-state index contributed by atoms with van der Waals surface area (Å²) in [4.78, 5) is 24.5. The number of nitrogens with one attached hydrogen (secondary N) is 2. The van der Waals surface area contributed by atoms with Crippen LogP contribution in [0.2, 0.25) is 5.02 Å². The minimum Gasteiger partial charge on any atom is -0.484 e. The second-order valence-electron chi connectivity index (χ2n) is 6.14. The number of halogens is 1. The van der Waals surface area contributed by atoms with Crippen molar-refractivity contribution in [3.8, 4) is 5.75 Å². The second-order valence-corrected chi connectivity index (χ2v) is 6.58. The standard InChI is InChI=1S/C18H23ClN4O3/c1-4-23-10-15(17(22-23)18(25)20-9-12(2)3)21-16(24)11-26-14-7-5-13(19)6-8-14/h5-8,10,12H,4,9,11H2,1-3H3,(H,20,25)(H,21,24). The molecule has 0 aliphatic rings. The molecule has 2 N–H and O–H groups in total. The number of aromatic nitrogens is 2. The van der Waals surface area contributed by atoms with E-state index in [1.165, 1.54) is 0 Å². The predicted octanol–water partition coefficient (Wildman–Crippen LogP) is 2.96. The maximum absolute atomic E-state index is 12.3. The number of carbonyl (C=O) groups is 2. The van der Waals surface area contributed by atoms with Crippen LogP contribution < -0.4 is 15.4 Å². The largest absolute Gasteiger partial charge is 0.484 e. The topological polar surface area (TPSA) is 85.2 Å². The van der Waals surface area contributed by atoms with Crippen LogP contribution >= 0.6 is 11.6 Å². The SMILES string of the molecule is CCn1cc(NC(=O)COc2ccc(Cl)cc2)c(C(=O)NCC(C)C)n1. The smallest absolute Gasteiger partial charge is 0.273 e. The van der Waals surface area contributed by atoms with Gasteiger partial charge in [0.1, 0.15) is 5.75 Å². The summed E-state index contributed by atoms with van der Waals surface area (Å²) in [6.45, 7) is 6.83. The quantitative estimate of drug-likeness (QED) is 0.739. The van der Waals surface area contributed by atoms with Crippen LogP contribution in [0.5, 0.6) is 5.75 Å². The number of anilines is 1. The molecule has 2 rings (SSSR count). The zero-order valence-corrected chi connectivity index (χ0v) is 15.8. The first-order valence-corrected chi connectivity index (χ1v) is 8.80. The van der Waals surface area contributed by atoms with Gasteiger partial charge < -0.3 is 15.4 Å². The van der Waals surface area contributed by atoms with Crippen LogP contribution in [0.1, 0.15) is 31.3 Å². The zero-order valence-electron chi connectivity index (χ0n) is 15.1. The van der Waals surface area contributed by atoms with Gasteiger partial charge >= 0.3 is 0 Å². The number of hydrogen-bond donors (Lipinski definition) is 2. The Morgan fingerprint density at radius 1 is 1.27 bits per heavy atom. The Bertz CT molecular complexity index is 756. The van der Waals surface area contributed by atoms with Crippen LogP contribution in [0.4, 0.5) is 5.69 Å². The van der Waals surface area contributed by atoms with Crippen LogP contribution in [0, 0.1) is 5.92 Å². The van der Waals surface area contributed by atoms with E-state index in [0.717, 1.165) is 0 Å². The zero-order chi connectivity index (χ0) is 19.1. The van der Waals surface area contributed by atoms with Gasteiger partial charge in [-0.05, 0) is 37.1 Å². The highest BCUT2D eigenvalue weighted by Crippen LogP contribution is 2.17. The van der Waals surface area contributed by atoms with Gasteiger partial charge in [-0.15, -0.1) is 0 Å². The average Bonchev–Trinajstić information content (AvgIpc) is 3.02. The van der Waals surface area contributed by atoms with E-state index in [4.69, 9.17) is 16.3 Å². The molecular formula is C18H23ClN4O3. The molecule has 0 aliphatic heterocycles. The average molecular weight is 379 g/mol. The predicted molar refractivity (Wildman–Crippen MR) is 101 cm³/mol. The Labute approximate surface area is 157 Å². The summed E-state index contributed by atoms with van der Waals surface area (Å²) in [5, 5.41) is 10.3. The van der Waals surface area contributed by atoms with Gasteiger partial charge in [0, 0.05) is 24.3 Å². The van der Waals surface area contributed by atoms with E-state index in [-0.39, 0.29) is 24.1 Å². The van der Waals surface area contributed by atoms with Gasteiger partial charge in [0.05, 0.1) is 5.69 Å². The molecule has 0 atom stereocenters. The number of carbonyl (C=O) groups excluding carboxylic acids is 2. The number of rotatable bonds is 8. The van der Waals surface area contributed by atoms with Crippen molar-refractivity contribution in [3.63, 3.8) is 0 Å². The molecule has 2 amide bonds. The molecule has 0 unspecified atom stereocenters. The molecule has 8 heteroatoms. The molecule has 7 nitrogen and oxygen atoms in total. The molecule has 26 heavy (non-hydrogen) atoms. The maximum atomic E-state index is 12.3. The maximum Gasteiger partial charge on any atom is 0.273 e. The molecule has 1 aromatic heterocycles. The molecule has 0 aliphatic carbocycles.